The fourth-order valence-electron chi connectivity index (χ4n) is 2.26. The minimum atomic E-state index is -0.00201. The Labute approximate surface area is 96.2 Å². The number of fused-ring (bicyclic) bond motifs is 1. The molecule has 1 aliphatic heterocycles. The van der Waals surface area contributed by atoms with Crippen molar-refractivity contribution < 1.29 is 4.79 Å². The molecule has 0 fully saturated rings. The van der Waals surface area contributed by atoms with Gasteiger partial charge < -0.3 is 10.6 Å². The van der Waals surface area contributed by atoms with Crippen LogP contribution in [-0.2, 0) is 11.2 Å². The van der Waals surface area contributed by atoms with Crippen LogP contribution in [0, 0.1) is 0 Å². The molecule has 0 radical (unpaired) electrons. The smallest absolute Gasteiger partial charge is 0.234 e. The monoisotopic (exact) mass is 218 g/mol. The van der Waals surface area contributed by atoms with Crippen LogP contribution in [0.2, 0.25) is 0 Å². The van der Waals surface area contributed by atoms with Gasteiger partial charge in [-0.25, -0.2) is 0 Å². The lowest BCUT2D eigenvalue weighted by molar-refractivity contribution is -0.118. The third-order valence-corrected chi connectivity index (χ3v) is 3.29. The third kappa shape index (κ3) is 1.71. The van der Waals surface area contributed by atoms with Gasteiger partial charge in [0, 0.05) is 12.7 Å². The fraction of sp³-hybridized carbons (Fsp3) is 0.462. The number of benzene rings is 1. The maximum atomic E-state index is 11.8. The third-order valence-electron chi connectivity index (χ3n) is 3.29. The summed E-state index contributed by atoms with van der Waals surface area (Å²) in [6, 6.07) is 6.29. The van der Waals surface area contributed by atoms with E-state index in [9.17, 15) is 4.79 Å². The number of aryl methyl sites for hydroxylation is 1. The van der Waals surface area contributed by atoms with E-state index >= 15 is 0 Å². The highest BCUT2D eigenvalue weighted by Crippen LogP contribution is 2.36. The number of nitrogens with zero attached hydrogens (tertiary/aromatic N) is 1. The summed E-state index contributed by atoms with van der Waals surface area (Å²) in [5.41, 5.74) is 8.98. The molecule has 0 bridgehead atoms. The van der Waals surface area contributed by atoms with Crippen molar-refractivity contribution in [3.63, 3.8) is 0 Å². The number of hydrogen-bond donors (Lipinski definition) is 1. The van der Waals surface area contributed by atoms with Gasteiger partial charge in [0.05, 0.1) is 5.92 Å². The van der Waals surface area contributed by atoms with Crippen LogP contribution in [0.25, 0.3) is 0 Å². The van der Waals surface area contributed by atoms with E-state index in [2.05, 4.69) is 12.1 Å². The van der Waals surface area contributed by atoms with E-state index in [0.717, 1.165) is 24.1 Å². The summed E-state index contributed by atoms with van der Waals surface area (Å²) in [6.45, 7) is 2.68. The molecule has 0 saturated heterocycles. The van der Waals surface area contributed by atoms with Crippen molar-refractivity contribution in [3.8, 4) is 0 Å². The van der Waals surface area contributed by atoms with Gasteiger partial charge in [-0.05, 0) is 43.5 Å². The summed E-state index contributed by atoms with van der Waals surface area (Å²) >= 11 is 0. The lowest BCUT2D eigenvalue weighted by atomic mass is 9.99. The largest absolute Gasteiger partial charge is 0.330 e. The van der Waals surface area contributed by atoms with Gasteiger partial charge in [-0.1, -0.05) is 12.1 Å². The van der Waals surface area contributed by atoms with E-state index in [1.165, 1.54) is 5.56 Å². The Hall–Kier alpha value is -1.35. The minimum absolute atomic E-state index is 0.00201. The van der Waals surface area contributed by atoms with Crippen molar-refractivity contribution in [3.05, 3.63) is 29.3 Å². The number of amides is 1. The highest BCUT2D eigenvalue weighted by molar-refractivity contribution is 6.04. The van der Waals surface area contributed by atoms with Crippen LogP contribution in [0.4, 0.5) is 5.69 Å². The van der Waals surface area contributed by atoms with Crippen LogP contribution in [0.3, 0.4) is 0 Å². The minimum Gasteiger partial charge on any atom is -0.330 e. The molecule has 2 rings (SSSR count). The molecule has 1 unspecified atom stereocenters. The molecule has 0 spiro atoms. The number of rotatable bonds is 3. The van der Waals surface area contributed by atoms with E-state index in [1.807, 2.05) is 20.0 Å². The number of anilines is 1. The first-order valence-corrected chi connectivity index (χ1v) is 5.75. The van der Waals surface area contributed by atoms with Gasteiger partial charge in [-0.3, -0.25) is 4.79 Å². The summed E-state index contributed by atoms with van der Waals surface area (Å²) in [4.78, 5) is 13.5. The van der Waals surface area contributed by atoms with Crippen LogP contribution in [0.1, 0.15) is 30.4 Å². The summed E-state index contributed by atoms with van der Waals surface area (Å²) in [5, 5.41) is 0. The number of hydrogen-bond acceptors (Lipinski definition) is 2. The Bertz CT molecular complexity index is 414. The fourth-order valence-corrected chi connectivity index (χ4v) is 2.26. The lowest BCUT2D eigenvalue weighted by Gasteiger charge is -2.10. The molecule has 3 heteroatoms. The zero-order chi connectivity index (χ0) is 11.7. The first-order valence-electron chi connectivity index (χ1n) is 5.75. The summed E-state index contributed by atoms with van der Waals surface area (Å²) in [7, 11) is 1.84. The number of carbonyl (C=O) groups is 1. The second-order valence-electron chi connectivity index (χ2n) is 4.40. The van der Waals surface area contributed by atoms with Crippen molar-refractivity contribution in [1.29, 1.82) is 0 Å². The SMILES string of the molecule is CC1C(=O)N(C)c2ccc(CCCN)cc21. The summed E-state index contributed by atoms with van der Waals surface area (Å²) < 4.78 is 0. The van der Waals surface area contributed by atoms with E-state index in [4.69, 9.17) is 5.73 Å². The molecule has 1 heterocycles. The Balaban J connectivity index is 2.30. The highest BCUT2D eigenvalue weighted by atomic mass is 16.2. The van der Waals surface area contributed by atoms with Crippen molar-refractivity contribution in [2.45, 2.75) is 25.7 Å². The maximum Gasteiger partial charge on any atom is 0.234 e. The van der Waals surface area contributed by atoms with Gasteiger partial charge in [0.25, 0.3) is 0 Å². The quantitative estimate of drug-likeness (QED) is 0.838. The zero-order valence-corrected chi connectivity index (χ0v) is 9.86. The predicted molar refractivity (Wildman–Crippen MR) is 65.6 cm³/mol. The topological polar surface area (TPSA) is 46.3 Å². The van der Waals surface area contributed by atoms with Crippen LogP contribution < -0.4 is 10.6 Å². The molecule has 3 nitrogen and oxygen atoms in total. The maximum absolute atomic E-state index is 11.8. The molecule has 2 N–H and O–H groups in total. The van der Waals surface area contributed by atoms with E-state index in [0.29, 0.717) is 6.54 Å². The van der Waals surface area contributed by atoms with Gasteiger partial charge in [0.1, 0.15) is 0 Å². The zero-order valence-electron chi connectivity index (χ0n) is 9.86. The van der Waals surface area contributed by atoms with Crippen LogP contribution in [0.5, 0.6) is 0 Å². The Kier molecular flexibility index (Phi) is 2.97. The van der Waals surface area contributed by atoms with Gasteiger partial charge in [-0.15, -0.1) is 0 Å². The summed E-state index contributed by atoms with van der Waals surface area (Å²) in [6.07, 6.45) is 1.99. The molecule has 0 aliphatic carbocycles. The van der Waals surface area contributed by atoms with Crippen molar-refractivity contribution in [2.24, 2.45) is 5.73 Å². The lowest BCUT2D eigenvalue weighted by Crippen LogP contribution is -2.22. The normalized spacial score (nSPS) is 19.1. The van der Waals surface area contributed by atoms with Crippen molar-refractivity contribution >= 4 is 11.6 Å². The van der Waals surface area contributed by atoms with Gasteiger partial charge in [0.15, 0.2) is 0 Å². The molecule has 86 valence electrons. The Morgan fingerprint density at radius 1 is 1.44 bits per heavy atom. The highest BCUT2D eigenvalue weighted by Gasteiger charge is 2.31. The second kappa shape index (κ2) is 4.26. The van der Waals surface area contributed by atoms with Crippen molar-refractivity contribution in [2.75, 3.05) is 18.5 Å². The van der Waals surface area contributed by atoms with Crippen LogP contribution >= 0.6 is 0 Å². The molecule has 1 aliphatic rings. The second-order valence-corrected chi connectivity index (χ2v) is 4.40. The van der Waals surface area contributed by atoms with E-state index in [-0.39, 0.29) is 11.8 Å². The molecule has 1 amide bonds. The first-order chi connectivity index (χ1) is 7.65. The molecule has 16 heavy (non-hydrogen) atoms. The molecule has 0 saturated carbocycles. The van der Waals surface area contributed by atoms with E-state index in [1.54, 1.807) is 4.90 Å². The molecular formula is C13H18N2O. The molecule has 1 aromatic rings. The number of carbonyl (C=O) groups excluding carboxylic acids is 1. The van der Waals surface area contributed by atoms with Crippen LogP contribution in [-0.4, -0.2) is 19.5 Å². The van der Waals surface area contributed by atoms with Crippen molar-refractivity contribution in [1.82, 2.24) is 0 Å². The van der Waals surface area contributed by atoms with Gasteiger partial charge >= 0.3 is 0 Å². The van der Waals surface area contributed by atoms with Crippen LogP contribution in [0.15, 0.2) is 18.2 Å². The molecule has 1 aromatic carbocycles. The van der Waals surface area contributed by atoms with Gasteiger partial charge in [0.2, 0.25) is 5.91 Å². The predicted octanol–water partition coefficient (Wildman–Crippen LogP) is 1.66. The Morgan fingerprint density at radius 3 is 2.88 bits per heavy atom. The van der Waals surface area contributed by atoms with Gasteiger partial charge in [-0.2, -0.15) is 0 Å². The number of nitrogens with two attached hydrogens (primary N) is 1. The average molecular weight is 218 g/mol. The molecule has 1 atom stereocenters. The standard InChI is InChI=1S/C13H18N2O/c1-9-11-8-10(4-3-7-14)5-6-12(11)15(2)13(9)16/h5-6,8-9H,3-4,7,14H2,1-2H3. The number of likely N-dealkylation sites (N-methyl/N-ethyl adjacent to an activating group) is 1. The average Bonchev–Trinajstić information content (AvgIpc) is 2.52. The summed E-state index contributed by atoms with van der Waals surface area (Å²) in [5.74, 6) is 0.184. The molecular weight excluding hydrogens is 200 g/mol. The molecule has 0 aromatic heterocycles. The van der Waals surface area contributed by atoms with E-state index < -0.39 is 0 Å². The Morgan fingerprint density at radius 2 is 2.19 bits per heavy atom. The first kappa shape index (κ1) is 11.1.